The number of hydrogen-bond donors (Lipinski definition) is 0. The normalized spacial score (nSPS) is 36.1. The Bertz CT molecular complexity index is 3200. The quantitative estimate of drug-likeness (QED) is 0.164. The molecule has 0 N–H and O–H groups in total. The number of fused-ring (bicyclic) bond motifs is 1. The van der Waals surface area contributed by atoms with Gasteiger partial charge in [0, 0.05) is 40.5 Å². The monoisotopic (exact) mass is 625 g/mol. The molecule has 1 spiro atoms. The molecule has 18 rings (SSSR count). The van der Waals surface area contributed by atoms with Gasteiger partial charge in [-0.15, -0.1) is 11.3 Å². The van der Waals surface area contributed by atoms with Gasteiger partial charge in [0.1, 0.15) is 0 Å². The van der Waals surface area contributed by atoms with Crippen LogP contribution in [0.3, 0.4) is 0 Å². The van der Waals surface area contributed by atoms with E-state index >= 15 is 0 Å². The molecule has 10 aliphatic carbocycles. The molecule has 11 aliphatic rings. The predicted molar refractivity (Wildman–Crippen MR) is 195 cm³/mol. The Labute approximate surface area is 279 Å². The first-order valence-corrected chi connectivity index (χ1v) is 19.7. The summed E-state index contributed by atoms with van der Waals surface area (Å²) in [6, 6.07) is 7.95. The van der Waals surface area contributed by atoms with Crippen molar-refractivity contribution in [1.29, 1.82) is 0 Å². The third-order valence-corrected chi connectivity index (χ3v) is 17.9. The molecule has 2 heteroatoms. The maximum atomic E-state index is 2.93. The summed E-state index contributed by atoms with van der Waals surface area (Å²) in [6.45, 7) is 1.15. The van der Waals surface area contributed by atoms with Crippen molar-refractivity contribution in [3.63, 3.8) is 0 Å². The molecular weight excluding hydrogens is 599 g/mol. The van der Waals surface area contributed by atoms with E-state index in [0.717, 1.165) is 12.5 Å². The van der Waals surface area contributed by atoms with Gasteiger partial charge in [0.2, 0.25) is 0 Å². The van der Waals surface area contributed by atoms with Crippen molar-refractivity contribution in [2.75, 3.05) is 13.6 Å². The second-order valence-electron chi connectivity index (χ2n) is 18.2. The van der Waals surface area contributed by atoms with Crippen LogP contribution in [-0.4, -0.2) is 18.5 Å². The van der Waals surface area contributed by atoms with E-state index in [4.69, 9.17) is 0 Å². The molecule has 48 heavy (non-hydrogen) atoms. The fourth-order valence-electron chi connectivity index (χ4n) is 16.5. The third kappa shape index (κ3) is 1.62. The van der Waals surface area contributed by atoms with Gasteiger partial charge < -0.3 is 0 Å². The molecule has 0 bridgehead atoms. The van der Waals surface area contributed by atoms with Crippen LogP contribution in [0.25, 0.3) is 76.2 Å². The van der Waals surface area contributed by atoms with E-state index in [9.17, 15) is 0 Å². The number of likely N-dealkylation sites (N-methyl/N-ethyl adjacent to an activating group) is 1. The Morgan fingerprint density at radius 1 is 0.792 bits per heavy atom. The van der Waals surface area contributed by atoms with Crippen molar-refractivity contribution in [3.05, 3.63) is 102 Å². The predicted octanol–water partition coefficient (Wildman–Crippen LogP) is 9.32. The second kappa shape index (κ2) is 5.84. The lowest BCUT2D eigenvalue weighted by molar-refractivity contribution is 0.303. The molecule has 1 saturated carbocycles. The lowest BCUT2D eigenvalue weighted by Crippen LogP contribution is -2.38. The first-order valence-electron chi connectivity index (χ1n) is 18.8. The van der Waals surface area contributed by atoms with Crippen molar-refractivity contribution >= 4 is 87.5 Å². The van der Waals surface area contributed by atoms with Gasteiger partial charge in [-0.1, -0.05) is 30.4 Å². The Morgan fingerprint density at radius 3 is 2.58 bits per heavy atom. The van der Waals surface area contributed by atoms with Crippen molar-refractivity contribution in [2.24, 2.45) is 23.7 Å². The van der Waals surface area contributed by atoms with Gasteiger partial charge in [-0.25, -0.2) is 0 Å². The van der Waals surface area contributed by atoms with Crippen molar-refractivity contribution in [3.8, 4) is 0 Å². The van der Waals surface area contributed by atoms with E-state index in [2.05, 4.69) is 53.8 Å². The van der Waals surface area contributed by atoms with Gasteiger partial charge in [0.15, 0.2) is 0 Å². The Morgan fingerprint density at radius 2 is 1.67 bits per heavy atom. The van der Waals surface area contributed by atoms with Crippen LogP contribution in [0.4, 0.5) is 0 Å². The average molecular weight is 626 g/mol. The minimum absolute atomic E-state index is 0.0721. The van der Waals surface area contributed by atoms with Gasteiger partial charge in [0.25, 0.3) is 0 Å². The Kier molecular flexibility index (Phi) is 2.66. The fourth-order valence-corrected chi connectivity index (χ4v) is 17.4. The molecule has 1 saturated heterocycles. The molecule has 2 heterocycles. The molecule has 8 atom stereocenters. The molecule has 2 fully saturated rings. The lowest BCUT2D eigenvalue weighted by atomic mass is 9.60. The van der Waals surface area contributed by atoms with E-state index in [0.29, 0.717) is 35.6 Å². The molecule has 1 aliphatic heterocycles. The smallest absolute Gasteiger partial charge is 0.0519 e. The van der Waals surface area contributed by atoms with E-state index in [1.807, 2.05) is 22.5 Å². The number of rotatable bonds is 1. The molecule has 8 unspecified atom stereocenters. The van der Waals surface area contributed by atoms with Crippen LogP contribution in [0.1, 0.15) is 85.7 Å². The molecule has 222 valence electrons. The maximum absolute atomic E-state index is 2.93. The van der Waals surface area contributed by atoms with E-state index in [-0.39, 0.29) is 5.41 Å². The molecule has 0 amide bonds. The number of thiophene rings is 1. The van der Waals surface area contributed by atoms with E-state index in [1.165, 1.54) is 25.7 Å². The van der Waals surface area contributed by atoms with Crippen LogP contribution in [0, 0.1) is 23.7 Å². The number of benzene rings is 4. The van der Waals surface area contributed by atoms with E-state index < -0.39 is 0 Å². The largest absolute Gasteiger partial charge is 0.297 e. The van der Waals surface area contributed by atoms with Gasteiger partial charge in [-0.3, -0.25) is 4.90 Å². The summed E-state index contributed by atoms with van der Waals surface area (Å²) in [7, 11) is 2.46. The van der Waals surface area contributed by atoms with Crippen LogP contribution in [0.2, 0.25) is 0 Å². The number of hydrogen-bond acceptors (Lipinski definition) is 2. The maximum Gasteiger partial charge on any atom is 0.0519 e. The Hall–Kier alpha value is -3.98. The number of allylic oxidation sites excluding steroid dienone is 4. The van der Waals surface area contributed by atoms with Gasteiger partial charge in [-0.05, 0) is 187 Å². The highest BCUT2D eigenvalue weighted by Crippen LogP contribution is 2.76. The van der Waals surface area contributed by atoms with Crippen molar-refractivity contribution in [1.82, 2.24) is 4.90 Å². The standard InChI is InChI=1S/C46H27NS/c1-47-13-46-12-20-10-18-8-15-5-14-6-17-7-16-9-19-11-21(43(46)45(47)22-3-2-4-48-22)30-35-26(19)25(16)32-27(17)31-23(14)24(15)33-28(18)34-29(20)44(46)42(30)41-39(34)37(33)36(31)38(32)40(35)41/h2-4,6,8,11-12,16,18-19,25,28,43,45H,5,7,9-10,13H2,1H3. The van der Waals surface area contributed by atoms with Gasteiger partial charge in [0.05, 0.1) is 6.04 Å². The van der Waals surface area contributed by atoms with Gasteiger partial charge in [-0.2, -0.15) is 0 Å². The minimum Gasteiger partial charge on any atom is -0.297 e. The van der Waals surface area contributed by atoms with Crippen molar-refractivity contribution < 1.29 is 0 Å². The lowest BCUT2D eigenvalue weighted by Gasteiger charge is -2.42. The van der Waals surface area contributed by atoms with Crippen LogP contribution in [0.5, 0.6) is 0 Å². The van der Waals surface area contributed by atoms with Crippen LogP contribution >= 0.6 is 11.3 Å². The Balaban J connectivity index is 1.21. The summed E-state index contributed by atoms with van der Waals surface area (Å²) < 4.78 is 0. The molecule has 7 aromatic rings. The van der Waals surface area contributed by atoms with Crippen LogP contribution in [0.15, 0.2) is 41.8 Å². The topological polar surface area (TPSA) is 3.24 Å². The van der Waals surface area contributed by atoms with E-state index in [1.54, 1.807) is 125 Å². The number of likely N-dealkylation sites (tertiary alicyclic amines) is 1. The molecule has 6 aromatic carbocycles. The average Bonchev–Trinajstić information content (AvgIpc) is 3.92. The highest BCUT2D eigenvalue weighted by molar-refractivity contribution is 7.10. The SMILES string of the molecule is CN1CC23C=C4CC5C=C6Cc7cc8c9c%10c%11c%12c%13c(c%14c2c4c2c(c4c(c6c7c9c4%11)C25)c%14%12)C(=CC2CC(C8)C%10C=%132)C3C1c1cccs1. The summed E-state index contributed by atoms with van der Waals surface area (Å²) in [5.41, 5.74) is 22.9. The first kappa shape index (κ1) is 21.9. The van der Waals surface area contributed by atoms with Crippen LogP contribution in [-0.2, 0) is 18.3 Å². The molecule has 0 radical (unpaired) electrons. The zero-order valence-electron chi connectivity index (χ0n) is 26.5. The molecule has 1 nitrogen and oxygen atoms in total. The third-order valence-electron chi connectivity index (χ3n) is 17.0. The zero-order valence-corrected chi connectivity index (χ0v) is 27.3. The minimum atomic E-state index is 0.0721. The van der Waals surface area contributed by atoms with Gasteiger partial charge >= 0.3 is 0 Å². The second-order valence-corrected chi connectivity index (χ2v) is 19.2. The summed E-state index contributed by atoms with van der Waals surface area (Å²) in [4.78, 5) is 4.36. The molecular formula is C46H27NS. The fraction of sp³-hybridized carbons (Fsp3) is 0.304. The highest BCUT2D eigenvalue weighted by atomic mass is 32.1. The first-order chi connectivity index (χ1) is 23.7. The molecule has 1 aromatic heterocycles. The van der Waals surface area contributed by atoms with Crippen molar-refractivity contribution in [2.45, 2.75) is 49.0 Å². The summed E-state index contributed by atoms with van der Waals surface area (Å²) in [5, 5.41) is 21.4. The summed E-state index contributed by atoms with van der Waals surface area (Å²) in [6.07, 6.45) is 13.7. The zero-order chi connectivity index (χ0) is 29.7. The highest BCUT2D eigenvalue weighted by Gasteiger charge is 2.64. The number of nitrogens with zero attached hydrogens (tertiary/aromatic N) is 1. The van der Waals surface area contributed by atoms with Crippen LogP contribution < -0.4 is 5.22 Å². The summed E-state index contributed by atoms with van der Waals surface area (Å²) >= 11 is 2.00. The summed E-state index contributed by atoms with van der Waals surface area (Å²) in [5.74, 6) is 3.62.